The summed E-state index contributed by atoms with van der Waals surface area (Å²) in [6.45, 7) is 4.40. The van der Waals surface area contributed by atoms with E-state index in [1.165, 1.54) is 0 Å². The van der Waals surface area contributed by atoms with Crippen LogP contribution in [0.1, 0.15) is 38.4 Å². The van der Waals surface area contributed by atoms with Crippen molar-refractivity contribution >= 4 is 29.2 Å². The first kappa shape index (κ1) is 17.9. The van der Waals surface area contributed by atoms with E-state index in [2.05, 4.69) is 15.2 Å². The van der Waals surface area contributed by atoms with Gasteiger partial charge in [0.25, 0.3) is 5.91 Å². The molecule has 1 aromatic carbocycles. The average Bonchev–Trinajstić information content (AvgIpc) is 3.02. The molecule has 6 heteroatoms. The number of H-pyrrole nitrogens is 1. The van der Waals surface area contributed by atoms with Crippen molar-refractivity contribution < 1.29 is 14.7 Å². The number of aryl methyl sites for hydroxylation is 1. The van der Waals surface area contributed by atoms with Crippen LogP contribution in [0.5, 0.6) is 0 Å². The lowest BCUT2D eigenvalue weighted by atomic mass is 10.0. The smallest absolute Gasteiger partial charge is 0.337 e. The lowest BCUT2D eigenvalue weighted by molar-refractivity contribution is -0.110. The molecular formula is C20H23N3O3. The second-order valence-corrected chi connectivity index (χ2v) is 6.91. The fourth-order valence-electron chi connectivity index (χ4n) is 3.27. The number of fused-ring (bicyclic) bond motifs is 1. The lowest BCUT2D eigenvalue weighted by Crippen LogP contribution is -2.15. The average molecular weight is 353 g/mol. The normalized spacial score (nSPS) is 14.8. The third-order valence-corrected chi connectivity index (χ3v) is 4.69. The van der Waals surface area contributed by atoms with E-state index in [4.69, 9.17) is 0 Å². The molecule has 1 aliphatic rings. The minimum atomic E-state index is -0.969. The van der Waals surface area contributed by atoms with Gasteiger partial charge < -0.3 is 20.3 Å². The fraction of sp³-hybridized carbons (Fsp3) is 0.300. The number of rotatable bonds is 5. The van der Waals surface area contributed by atoms with Crippen LogP contribution in [-0.4, -0.2) is 47.5 Å². The Bertz CT molecular complexity index is 923. The zero-order valence-electron chi connectivity index (χ0n) is 15.4. The van der Waals surface area contributed by atoms with Gasteiger partial charge in [-0.25, -0.2) is 4.79 Å². The van der Waals surface area contributed by atoms with E-state index in [0.717, 1.165) is 29.8 Å². The van der Waals surface area contributed by atoms with Crippen molar-refractivity contribution in [3.63, 3.8) is 0 Å². The molecule has 0 atom stereocenters. The van der Waals surface area contributed by atoms with Crippen LogP contribution in [0.25, 0.3) is 11.6 Å². The molecule has 0 spiro atoms. The van der Waals surface area contributed by atoms with Crippen molar-refractivity contribution in [1.29, 1.82) is 0 Å². The summed E-state index contributed by atoms with van der Waals surface area (Å²) in [5, 5.41) is 12.2. The summed E-state index contributed by atoms with van der Waals surface area (Å²) >= 11 is 0. The Morgan fingerprint density at radius 2 is 2.00 bits per heavy atom. The van der Waals surface area contributed by atoms with Gasteiger partial charge in [0.2, 0.25) is 0 Å². The highest BCUT2D eigenvalue weighted by Crippen LogP contribution is 2.34. The van der Waals surface area contributed by atoms with Gasteiger partial charge in [-0.3, -0.25) is 4.79 Å². The second kappa shape index (κ2) is 6.80. The topological polar surface area (TPSA) is 85.4 Å². The van der Waals surface area contributed by atoms with Gasteiger partial charge in [-0.1, -0.05) is 6.07 Å². The molecule has 1 aromatic heterocycles. The van der Waals surface area contributed by atoms with Gasteiger partial charge in [0.1, 0.15) is 0 Å². The molecule has 0 radical (unpaired) electrons. The van der Waals surface area contributed by atoms with Crippen LogP contribution in [0.15, 0.2) is 18.2 Å². The summed E-state index contributed by atoms with van der Waals surface area (Å²) < 4.78 is 0. The number of aromatic nitrogens is 1. The van der Waals surface area contributed by atoms with E-state index in [1.54, 1.807) is 19.9 Å². The van der Waals surface area contributed by atoms with E-state index in [-0.39, 0.29) is 11.5 Å². The molecular weight excluding hydrogens is 330 g/mol. The minimum Gasteiger partial charge on any atom is -0.478 e. The summed E-state index contributed by atoms with van der Waals surface area (Å²) in [7, 11) is 4.06. The van der Waals surface area contributed by atoms with E-state index < -0.39 is 5.97 Å². The Hall–Kier alpha value is -2.86. The molecule has 26 heavy (non-hydrogen) atoms. The fourth-order valence-corrected chi connectivity index (χ4v) is 3.27. The maximum atomic E-state index is 12.4. The number of nitrogens with zero attached hydrogens (tertiary/aromatic N) is 1. The Morgan fingerprint density at radius 1 is 1.27 bits per heavy atom. The predicted molar refractivity (Wildman–Crippen MR) is 102 cm³/mol. The minimum absolute atomic E-state index is 0.173. The van der Waals surface area contributed by atoms with Crippen molar-refractivity contribution in [2.24, 2.45) is 0 Å². The molecule has 2 heterocycles. The zero-order valence-corrected chi connectivity index (χ0v) is 15.4. The van der Waals surface area contributed by atoms with Crippen molar-refractivity contribution in [2.75, 3.05) is 26.0 Å². The first-order chi connectivity index (χ1) is 12.3. The van der Waals surface area contributed by atoms with Gasteiger partial charge in [-0.2, -0.15) is 0 Å². The number of hydrogen-bond donors (Lipinski definition) is 3. The number of carbonyl (C=O) groups is 2. The molecule has 0 fully saturated rings. The molecule has 136 valence electrons. The molecule has 6 nitrogen and oxygen atoms in total. The van der Waals surface area contributed by atoms with E-state index >= 15 is 0 Å². The largest absolute Gasteiger partial charge is 0.478 e. The number of aromatic carboxylic acids is 1. The predicted octanol–water partition coefficient (Wildman–Crippen LogP) is 2.93. The maximum absolute atomic E-state index is 12.4. The SMILES string of the molecule is Cc1[nH]c(/C=C2\C(=O)Nc3ccc(CCN(C)C)cc32)c(C)c1C(=O)O. The third kappa shape index (κ3) is 3.28. The second-order valence-electron chi connectivity index (χ2n) is 6.91. The van der Waals surface area contributed by atoms with Crippen LogP contribution < -0.4 is 5.32 Å². The number of amides is 1. The van der Waals surface area contributed by atoms with Gasteiger partial charge in [0.05, 0.1) is 11.1 Å². The first-order valence-corrected chi connectivity index (χ1v) is 8.51. The summed E-state index contributed by atoms with van der Waals surface area (Å²) in [6, 6.07) is 5.98. The molecule has 0 unspecified atom stereocenters. The maximum Gasteiger partial charge on any atom is 0.337 e. The summed E-state index contributed by atoms with van der Waals surface area (Å²) in [5.74, 6) is -1.14. The van der Waals surface area contributed by atoms with E-state index in [9.17, 15) is 14.7 Å². The number of aromatic amines is 1. The van der Waals surface area contributed by atoms with Gasteiger partial charge in [0.15, 0.2) is 0 Å². The Kier molecular flexibility index (Phi) is 4.70. The van der Waals surface area contributed by atoms with Crippen molar-refractivity contribution in [1.82, 2.24) is 9.88 Å². The van der Waals surface area contributed by atoms with E-state index in [1.807, 2.05) is 32.3 Å². The van der Waals surface area contributed by atoms with Crippen LogP contribution in [0.3, 0.4) is 0 Å². The number of nitrogens with one attached hydrogen (secondary N) is 2. The highest BCUT2D eigenvalue weighted by molar-refractivity contribution is 6.35. The van der Waals surface area contributed by atoms with Crippen molar-refractivity contribution in [3.8, 4) is 0 Å². The molecule has 0 saturated heterocycles. The highest BCUT2D eigenvalue weighted by atomic mass is 16.4. The number of benzene rings is 1. The number of carboxylic acids is 1. The Balaban J connectivity index is 2.01. The summed E-state index contributed by atoms with van der Waals surface area (Å²) in [4.78, 5) is 29.0. The Labute approximate surface area is 152 Å². The number of carbonyl (C=O) groups excluding carboxylic acids is 1. The van der Waals surface area contributed by atoms with Gasteiger partial charge in [-0.15, -0.1) is 0 Å². The number of likely N-dealkylation sites (N-methyl/N-ethyl adjacent to an activating group) is 1. The quantitative estimate of drug-likeness (QED) is 0.722. The third-order valence-electron chi connectivity index (χ3n) is 4.69. The molecule has 0 aliphatic carbocycles. The monoisotopic (exact) mass is 353 g/mol. The van der Waals surface area contributed by atoms with Crippen molar-refractivity contribution in [2.45, 2.75) is 20.3 Å². The van der Waals surface area contributed by atoms with Crippen molar-refractivity contribution in [3.05, 3.63) is 51.8 Å². The summed E-state index contributed by atoms with van der Waals surface area (Å²) in [5.41, 5.74) is 5.47. The van der Waals surface area contributed by atoms with Gasteiger partial charge in [0, 0.05) is 29.2 Å². The molecule has 1 aliphatic heterocycles. The molecule has 0 bridgehead atoms. The molecule has 0 saturated carbocycles. The highest BCUT2D eigenvalue weighted by Gasteiger charge is 2.25. The standard InChI is InChI=1S/C20H23N3O3/c1-11-17(21-12(2)18(11)20(25)26)10-15-14-9-13(7-8-23(3)4)5-6-16(14)22-19(15)24/h5-6,9-10,21H,7-8H2,1-4H3,(H,22,24)(H,25,26)/b15-10-. The summed E-state index contributed by atoms with van der Waals surface area (Å²) in [6.07, 6.45) is 2.64. The van der Waals surface area contributed by atoms with Gasteiger partial charge in [-0.05, 0) is 63.7 Å². The molecule has 2 aromatic rings. The zero-order chi connectivity index (χ0) is 19.0. The first-order valence-electron chi connectivity index (χ1n) is 8.51. The van der Waals surface area contributed by atoms with Crippen LogP contribution >= 0.6 is 0 Å². The molecule has 3 rings (SSSR count). The van der Waals surface area contributed by atoms with E-state index in [0.29, 0.717) is 22.5 Å². The number of anilines is 1. The molecule has 1 amide bonds. The van der Waals surface area contributed by atoms with Crippen LogP contribution in [0.4, 0.5) is 5.69 Å². The van der Waals surface area contributed by atoms with Gasteiger partial charge >= 0.3 is 5.97 Å². The van der Waals surface area contributed by atoms with Crippen LogP contribution in [0, 0.1) is 13.8 Å². The number of carboxylic acid groups (broad SMARTS) is 1. The lowest BCUT2D eigenvalue weighted by Gasteiger charge is -2.10. The van der Waals surface area contributed by atoms with Crippen LogP contribution in [-0.2, 0) is 11.2 Å². The molecule has 3 N–H and O–H groups in total. The number of hydrogen-bond acceptors (Lipinski definition) is 3. The Morgan fingerprint density at radius 3 is 2.62 bits per heavy atom. The van der Waals surface area contributed by atoms with Crippen LogP contribution in [0.2, 0.25) is 0 Å².